The summed E-state index contributed by atoms with van der Waals surface area (Å²) in [6.45, 7) is 8.71. The molecule has 4 nitrogen and oxygen atoms in total. The maximum Gasteiger partial charge on any atom is 0.195 e. The molecule has 0 aliphatic carbocycles. The van der Waals surface area contributed by atoms with E-state index in [2.05, 4.69) is 31.0 Å². The first-order valence-corrected chi connectivity index (χ1v) is 6.27. The van der Waals surface area contributed by atoms with Gasteiger partial charge in [0.15, 0.2) is 4.77 Å². The monoisotopic (exact) mass is 243 g/mol. The number of aromatic amines is 1. The van der Waals surface area contributed by atoms with Gasteiger partial charge in [-0.3, -0.25) is 5.10 Å². The molecule has 1 rings (SSSR count). The van der Waals surface area contributed by atoms with Gasteiger partial charge in [-0.1, -0.05) is 20.8 Å². The molecule has 0 bridgehead atoms. The van der Waals surface area contributed by atoms with Crippen molar-refractivity contribution >= 4 is 12.2 Å². The van der Waals surface area contributed by atoms with E-state index in [4.69, 9.17) is 17.0 Å². The van der Waals surface area contributed by atoms with Crippen LogP contribution in [0.15, 0.2) is 0 Å². The van der Waals surface area contributed by atoms with Crippen LogP contribution in [0.4, 0.5) is 0 Å². The van der Waals surface area contributed by atoms with Crippen LogP contribution in [0, 0.1) is 10.7 Å². The third-order valence-electron chi connectivity index (χ3n) is 2.22. The summed E-state index contributed by atoms with van der Waals surface area (Å²) >= 11 is 5.18. The molecule has 1 heterocycles. The molecule has 0 fully saturated rings. The summed E-state index contributed by atoms with van der Waals surface area (Å²) in [6, 6.07) is 0. The van der Waals surface area contributed by atoms with E-state index in [0.717, 1.165) is 31.8 Å². The minimum absolute atomic E-state index is 0.576. The third-order valence-corrected chi connectivity index (χ3v) is 2.53. The number of nitrogens with one attached hydrogen (secondary N) is 1. The van der Waals surface area contributed by atoms with Crippen LogP contribution in [0.3, 0.4) is 0 Å². The van der Waals surface area contributed by atoms with Gasteiger partial charge in [0.25, 0.3) is 0 Å². The molecule has 16 heavy (non-hydrogen) atoms. The average molecular weight is 243 g/mol. The molecule has 0 unspecified atom stereocenters. The Morgan fingerprint density at radius 3 is 2.88 bits per heavy atom. The number of aromatic nitrogens is 3. The van der Waals surface area contributed by atoms with Gasteiger partial charge in [-0.2, -0.15) is 5.10 Å². The number of ether oxygens (including phenoxy) is 1. The fourth-order valence-corrected chi connectivity index (χ4v) is 1.71. The van der Waals surface area contributed by atoms with Gasteiger partial charge in [0, 0.05) is 19.6 Å². The third kappa shape index (κ3) is 4.06. The van der Waals surface area contributed by atoms with Crippen molar-refractivity contribution in [3.8, 4) is 0 Å². The van der Waals surface area contributed by atoms with E-state index in [-0.39, 0.29) is 0 Å². The van der Waals surface area contributed by atoms with Crippen LogP contribution in [-0.2, 0) is 17.7 Å². The minimum atomic E-state index is 0.576. The number of nitrogens with zero attached hydrogens (tertiary/aromatic N) is 2. The largest absolute Gasteiger partial charge is 0.379 e. The lowest BCUT2D eigenvalue weighted by atomic mass is 10.2. The van der Waals surface area contributed by atoms with Crippen LogP contribution in [0.2, 0.25) is 0 Å². The molecule has 0 saturated carbocycles. The van der Waals surface area contributed by atoms with Gasteiger partial charge in [-0.15, -0.1) is 0 Å². The first-order chi connectivity index (χ1) is 7.65. The van der Waals surface area contributed by atoms with Crippen molar-refractivity contribution < 1.29 is 4.74 Å². The van der Waals surface area contributed by atoms with Gasteiger partial charge >= 0.3 is 0 Å². The van der Waals surface area contributed by atoms with Crippen LogP contribution < -0.4 is 0 Å². The highest BCUT2D eigenvalue weighted by atomic mass is 32.1. The highest BCUT2D eigenvalue weighted by molar-refractivity contribution is 7.71. The molecule has 0 aliphatic rings. The van der Waals surface area contributed by atoms with Crippen LogP contribution >= 0.6 is 12.2 Å². The molecular weight excluding hydrogens is 222 g/mol. The SMILES string of the molecule is CCCc1n[nH]c(=S)n1CCOCC(C)C. The second-order valence-corrected chi connectivity index (χ2v) is 4.70. The lowest BCUT2D eigenvalue weighted by Crippen LogP contribution is -2.12. The van der Waals surface area contributed by atoms with E-state index in [9.17, 15) is 0 Å². The minimum Gasteiger partial charge on any atom is -0.379 e. The van der Waals surface area contributed by atoms with E-state index >= 15 is 0 Å². The predicted octanol–water partition coefficient (Wildman–Crippen LogP) is 2.57. The van der Waals surface area contributed by atoms with Crippen molar-refractivity contribution in [1.29, 1.82) is 0 Å². The quantitative estimate of drug-likeness (QED) is 0.591. The zero-order valence-corrected chi connectivity index (χ0v) is 11.1. The normalized spacial score (nSPS) is 11.2. The standard InChI is InChI=1S/C11H21N3OS/c1-4-5-10-12-13-11(16)14(10)6-7-15-8-9(2)3/h9H,4-8H2,1-3H3,(H,13,16). The Morgan fingerprint density at radius 1 is 1.50 bits per heavy atom. The molecule has 1 aromatic rings. The number of H-pyrrole nitrogens is 1. The Labute approximate surface area is 102 Å². The van der Waals surface area contributed by atoms with Crippen LogP contribution in [0.5, 0.6) is 0 Å². The molecule has 0 amide bonds. The van der Waals surface area contributed by atoms with Gasteiger partial charge in [-0.25, -0.2) is 0 Å². The second-order valence-electron chi connectivity index (χ2n) is 4.32. The average Bonchev–Trinajstić information content (AvgIpc) is 2.56. The first-order valence-electron chi connectivity index (χ1n) is 5.87. The number of hydrogen-bond donors (Lipinski definition) is 1. The van der Waals surface area contributed by atoms with E-state index in [0.29, 0.717) is 17.3 Å². The fourth-order valence-electron chi connectivity index (χ4n) is 1.47. The van der Waals surface area contributed by atoms with Crippen LogP contribution in [-0.4, -0.2) is 28.0 Å². The van der Waals surface area contributed by atoms with E-state index < -0.39 is 0 Å². The van der Waals surface area contributed by atoms with E-state index in [1.807, 2.05) is 4.57 Å². The molecule has 0 spiro atoms. The lowest BCUT2D eigenvalue weighted by Gasteiger charge is -2.08. The highest BCUT2D eigenvalue weighted by Crippen LogP contribution is 2.02. The molecule has 0 aliphatic heterocycles. The summed E-state index contributed by atoms with van der Waals surface area (Å²) in [7, 11) is 0. The molecule has 0 aromatic carbocycles. The lowest BCUT2D eigenvalue weighted by molar-refractivity contribution is 0.102. The molecule has 1 aromatic heterocycles. The Kier molecular flexibility index (Phi) is 5.69. The maximum absolute atomic E-state index is 5.55. The fraction of sp³-hybridized carbons (Fsp3) is 0.818. The van der Waals surface area contributed by atoms with Crippen molar-refractivity contribution in [2.24, 2.45) is 5.92 Å². The molecule has 0 radical (unpaired) electrons. The topological polar surface area (TPSA) is 42.8 Å². The van der Waals surface area contributed by atoms with Crippen molar-refractivity contribution in [2.45, 2.75) is 40.2 Å². The van der Waals surface area contributed by atoms with Gasteiger partial charge in [0.2, 0.25) is 0 Å². The Bertz CT molecular complexity index is 356. The van der Waals surface area contributed by atoms with E-state index in [1.165, 1.54) is 0 Å². The van der Waals surface area contributed by atoms with Crippen molar-refractivity contribution in [2.75, 3.05) is 13.2 Å². The smallest absolute Gasteiger partial charge is 0.195 e. The summed E-state index contributed by atoms with van der Waals surface area (Å²) in [4.78, 5) is 0. The second kappa shape index (κ2) is 6.81. The van der Waals surface area contributed by atoms with Gasteiger partial charge < -0.3 is 9.30 Å². The predicted molar refractivity (Wildman–Crippen MR) is 67.1 cm³/mol. The molecular formula is C11H21N3OS. The Balaban J connectivity index is 2.46. The molecule has 0 saturated heterocycles. The van der Waals surface area contributed by atoms with Gasteiger partial charge in [0.1, 0.15) is 5.82 Å². The van der Waals surface area contributed by atoms with Crippen molar-refractivity contribution in [1.82, 2.24) is 14.8 Å². The van der Waals surface area contributed by atoms with Crippen molar-refractivity contribution in [3.63, 3.8) is 0 Å². The summed E-state index contributed by atoms with van der Waals surface area (Å²) in [5.41, 5.74) is 0. The Hall–Kier alpha value is -0.680. The van der Waals surface area contributed by atoms with Crippen molar-refractivity contribution in [3.05, 3.63) is 10.6 Å². The molecule has 92 valence electrons. The number of rotatable bonds is 7. The van der Waals surface area contributed by atoms with Crippen LogP contribution in [0.1, 0.15) is 33.0 Å². The maximum atomic E-state index is 5.55. The summed E-state index contributed by atoms with van der Waals surface area (Å²) < 4.78 is 8.27. The zero-order valence-electron chi connectivity index (χ0n) is 10.3. The summed E-state index contributed by atoms with van der Waals surface area (Å²) in [5.74, 6) is 1.60. The highest BCUT2D eigenvalue weighted by Gasteiger charge is 2.04. The molecule has 0 atom stereocenters. The van der Waals surface area contributed by atoms with Crippen LogP contribution in [0.25, 0.3) is 0 Å². The number of hydrogen-bond acceptors (Lipinski definition) is 3. The summed E-state index contributed by atoms with van der Waals surface area (Å²) in [6.07, 6.45) is 2.03. The van der Waals surface area contributed by atoms with Gasteiger partial charge in [-0.05, 0) is 24.6 Å². The Morgan fingerprint density at radius 2 is 2.25 bits per heavy atom. The van der Waals surface area contributed by atoms with Gasteiger partial charge in [0.05, 0.1) is 6.61 Å². The molecule has 5 heteroatoms. The summed E-state index contributed by atoms with van der Waals surface area (Å²) in [5, 5.41) is 7.04. The first kappa shape index (κ1) is 13.4. The number of aryl methyl sites for hydroxylation is 1. The zero-order chi connectivity index (χ0) is 12.0. The van der Waals surface area contributed by atoms with E-state index in [1.54, 1.807) is 0 Å². The molecule has 1 N–H and O–H groups in total.